The molecule has 0 aromatic heterocycles. The van der Waals surface area contributed by atoms with E-state index in [4.69, 9.17) is 5.73 Å². The monoisotopic (exact) mass is 217 g/mol. The van der Waals surface area contributed by atoms with Gasteiger partial charge in [-0.3, -0.25) is 0 Å². The Kier molecular flexibility index (Phi) is 5.64. The zero-order valence-electron chi connectivity index (χ0n) is 8.58. The van der Waals surface area contributed by atoms with Gasteiger partial charge in [-0.25, -0.2) is 0 Å². The molecule has 0 heterocycles. The highest BCUT2D eigenvalue weighted by atomic mass is 31.2. The van der Waals surface area contributed by atoms with Crippen LogP contribution in [-0.4, -0.2) is 16.3 Å². The molecular formula is C10H20NO2P. The number of rotatable bonds is 4. The summed E-state index contributed by atoms with van der Waals surface area (Å²) < 4.78 is 0. The number of allylic oxidation sites excluding steroid dienone is 2. The molecule has 0 unspecified atom stereocenters. The predicted octanol–water partition coefficient (Wildman–Crippen LogP) is 2.24. The van der Waals surface area contributed by atoms with E-state index in [1.165, 1.54) is 24.8 Å². The Bertz CT molecular complexity index is 196. The summed E-state index contributed by atoms with van der Waals surface area (Å²) >= 11 is 0. The van der Waals surface area contributed by atoms with E-state index in [9.17, 15) is 9.79 Å². The molecule has 14 heavy (non-hydrogen) atoms. The smallest absolute Gasteiger partial charge is 0.195 e. The van der Waals surface area contributed by atoms with E-state index in [0.29, 0.717) is 6.54 Å². The minimum atomic E-state index is -1.87. The van der Waals surface area contributed by atoms with Gasteiger partial charge in [-0.2, -0.15) is 0 Å². The van der Waals surface area contributed by atoms with Crippen molar-refractivity contribution in [2.45, 2.75) is 44.9 Å². The maximum atomic E-state index is 9.31. The largest absolute Gasteiger partial charge is 0.347 e. The van der Waals surface area contributed by atoms with Gasteiger partial charge in [0, 0.05) is 5.31 Å². The van der Waals surface area contributed by atoms with E-state index in [1.54, 1.807) is 0 Å². The number of hydrogen-bond donors (Lipinski definition) is 3. The summed E-state index contributed by atoms with van der Waals surface area (Å²) in [4.78, 5) is 18.6. The van der Waals surface area contributed by atoms with Gasteiger partial charge in [0.1, 0.15) is 0 Å². The van der Waals surface area contributed by atoms with Gasteiger partial charge in [-0.1, -0.05) is 12.0 Å². The van der Waals surface area contributed by atoms with E-state index >= 15 is 0 Å². The van der Waals surface area contributed by atoms with Crippen molar-refractivity contribution < 1.29 is 9.79 Å². The second-order valence-corrected chi connectivity index (χ2v) is 4.91. The first-order chi connectivity index (χ1) is 6.75. The van der Waals surface area contributed by atoms with Gasteiger partial charge in [0.15, 0.2) is 8.38 Å². The minimum absolute atomic E-state index is 0.625. The molecule has 0 bridgehead atoms. The van der Waals surface area contributed by atoms with Crippen LogP contribution in [0.3, 0.4) is 0 Å². The van der Waals surface area contributed by atoms with Gasteiger partial charge >= 0.3 is 0 Å². The zero-order chi connectivity index (χ0) is 10.4. The minimum Gasteiger partial charge on any atom is -0.347 e. The summed E-state index contributed by atoms with van der Waals surface area (Å²) in [5.41, 5.74) is 6.72. The molecule has 82 valence electrons. The standard InChI is InChI=1S/C10H20NO2P/c11-8-4-7-10(14(12)13)9-5-2-1-3-6-9/h12-13H,1-8,11H2. The molecule has 0 radical (unpaired) electrons. The average molecular weight is 217 g/mol. The van der Waals surface area contributed by atoms with Crippen LogP contribution in [-0.2, 0) is 0 Å². The third-order valence-electron chi connectivity index (χ3n) is 2.72. The molecule has 1 aliphatic rings. The van der Waals surface area contributed by atoms with Gasteiger partial charge in [0.2, 0.25) is 0 Å². The summed E-state index contributed by atoms with van der Waals surface area (Å²) in [7, 11) is -1.87. The molecule has 1 saturated carbocycles. The summed E-state index contributed by atoms with van der Waals surface area (Å²) in [6.45, 7) is 0.625. The van der Waals surface area contributed by atoms with Gasteiger partial charge in [-0.05, 0) is 45.1 Å². The molecule has 4 heteroatoms. The normalized spacial score (nSPS) is 17.6. The number of nitrogens with two attached hydrogens (primary N) is 1. The lowest BCUT2D eigenvalue weighted by Gasteiger charge is -2.19. The lowest BCUT2D eigenvalue weighted by Crippen LogP contribution is -2.02. The first-order valence-electron chi connectivity index (χ1n) is 5.34. The first-order valence-corrected chi connectivity index (χ1v) is 6.59. The van der Waals surface area contributed by atoms with E-state index in [1.807, 2.05) is 0 Å². The lowest BCUT2D eigenvalue weighted by molar-refractivity contribution is 0.485. The van der Waals surface area contributed by atoms with E-state index in [0.717, 1.165) is 31.0 Å². The number of hydrogen-bond acceptors (Lipinski definition) is 3. The van der Waals surface area contributed by atoms with Gasteiger partial charge in [0.25, 0.3) is 0 Å². The molecule has 0 aliphatic heterocycles. The second-order valence-electron chi connectivity index (χ2n) is 3.79. The highest BCUT2D eigenvalue weighted by Crippen LogP contribution is 2.44. The highest BCUT2D eigenvalue weighted by Gasteiger charge is 2.16. The summed E-state index contributed by atoms with van der Waals surface area (Å²) in [6.07, 6.45) is 7.42. The average Bonchev–Trinajstić information content (AvgIpc) is 2.19. The fourth-order valence-electron chi connectivity index (χ4n) is 1.95. The van der Waals surface area contributed by atoms with Crippen molar-refractivity contribution >= 4 is 8.38 Å². The van der Waals surface area contributed by atoms with Crippen LogP contribution < -0.4 is 5.73 Å². The van der Waals surface area contributed by atoms with Crippen molar-refractivity contribution in [3.63, 3.8) is 0 Å². The summed E-state index contributed by atoms with van der Waals surface area (Å²) in [6, 6.07) is 0. The molecule has 0 aromatic carbocycles. The Morgan fingerprint density at radius 1 is 1.21 bits per heavy atom. The van der Waals surface area contributed by atoms with Crippen LogP contribution in [0.4, 0.5) is 0 Å². The molecule has 3 nitrogen and oxygen atoms in total. The maximum absolute atomic E-state index is 9.31. The van der Waals surface area contributed by atoms with Crippen molar-refractivity contribution in [1.82, 2.24) is 0 Å². The third kappa shape index (κ3) is 3.66. The first kappa shape index (κ1) is 12.1. The van der Waals surface area contributed by atoms with Crippen LogP contribution >= 0.6 is 8.38 Å². The van der Waals surface area contributed by atoms with Crippen LogP contribution in [0.25, 0.3) is 0 Å². The Hall–Kier alpha value is 0.0500. The highest BCUT2D eigenvalue weighted by molar-refractivity contribution is 7.50. The molecule has 0 amide bonds. The SMILES string of the molecule is NCCCC(=C1CCCCC1)P(O)O. The fraction of sp³-hybridized carbons (Fsp3) is 0.800. The Balaban J connectivity index is 2.61. The molecular weight excluding hydrogens is 197 g/mol. The summed E-state index contributed by atoms with van der Waals surface area (Å²) in [5, 5.41) is 0.894. The summed E-state index contributed by atoms with van der Waals surface area (Å²) in [5.74, 6) is 0. The van der Waals surface area contributed by atoms with Crippen LogP contribution in [0.1, 0.15) is 44.9 Å². The molecule has 0 aromatic rings. The van der Waals surface area contributed by atoms with Crippen LogP contribution in [0.5, 0.6) is 0 Å². The van der Waals surface area contributed by atoms with Crippen molar-refractivity contribution in [1.29, 1.82) is 0 Å². The predicted molar refractivity (Wildman–Crippen MR) is 59.8 cm³/mol. The molecule has 1 rings (SSSR count). The van der Waals surface area contributed by atoms with Gasteiger partial charge in [-0.15, -0.1) is 0 Å². The van der Waals surface area contributed by atoms with Crippen molar-refractivity contribution in [3.05, 3.63) is 10.9 Å². The van der Waals surface area contributed by atoms with Crippen LogP contribution in [0, 0.1) is 0 Å². The Morgan fingerprint density at radius 2 is 1.86 bits per heavy atom. The Labute approximate surface area is 86.9 Å². The zero-order valence-corrected chi connectivity index (χ0v) is 9.47. The van der Waals surface area contributed by atoms with Gasteiger partial charge in [0.05, 0.1) is 0 Å². The van der Waals surface area contributed by atoms with E-state index < -0.39 is 8.38 Å². The third-order valence-corrected chi connectivity index (χ3v) is 3.75. The quantitative estimate of drug-likeness (QED) is 0.633. The second kappa shape index (κ2) is 6.52. The Morgan fingerprint density at radius 3 is 2.36 bits per heavy atom. The molecule has 1 fully saturated rings. The fourth-order valence-corrected chi connectivity index (χ4v) is 2.82. The topological polar surface area (TPSA) is 66.5 Å². The lowest BCUT2D eigenvalue weighted by atomic mass is 9.94. The van der Waals surface area contributed by atoms with Crippen LogP contribution in [0.2, 0.25) is 0 Å². The molecule has 4 N–H and O–H groups in total. The maximum Gasteiger partial charge on any atom is 0.195 e. The van der Waals surface area contributed by atoms with Crippen LogP contribution in [0.15, 0.2) is 10.9 Å². The van der Waals surface area contributed by atoms with Crippen molar-refractivity contribution in [3.8, 4) is 0 Å². The van der Waals surface area contributed by atoms with E-state index in [-0.39, 0.29) is 0 Å². The van der Waals surface area contributed by atoms with Crippen molar-refractivity contribution in [2.75, 3.05) is 6.54 Å². The van der Waals surface area contributed by atoms with Crippen molar-refractivity contribution in [2.24, 2.45) is 5.73 Å². The van der Waals surface area contributed by atoms with E-state index in [2.05, 4.69) is 0 Å². The van der Waals surface area contributed by atoms with Gasteiger partial charge < -0.3 is 15.5 Å². The molecule has 1 aliphatic carbocycles. The molecule has 0 saturated heterocycles. The molecule has 0 atom stereocenters. The molecule has 0 spiro atoms.